The van der Waals surface area contributed by atoms with E-state index in [9.17, 15) is 14.4 Å². The molecule has 1 atom stereocenters. The second-order valence-electron chi connectivity index (χ2n) is 9.39. The summed E-state index contributed by atoms with van der Waals surface area (Å²) in [6.07, 6.45) is 12.5. The van der Waals surface area contributed by atoms with Gasteiger partial charge < -0.3 is 15.7 Å². The summed E-state index contributed by atoms with van der Waals surface area (Å²) in [7, 11) is 0. The zero-order valence-electron chi connectivity index (χ0n) is 22.2. The number of rotatable bonds is 19. The van der Waals surface area contributed by atoms with Gasteiger partial charge >= 0.3 is 5.97 Å². The molecule has 2 rings (SSSR count). The quantitative estimate of drug-likeness (QED) is 0.238. The van der Waals surface area contributed by atoms with E-state index in [1.54, 1.807) is 12.1 Å². The largest absolute Gasteiger partial charge is 0.478 e. The Bertz CT molecular complexity index is 960. The number of hydrogen-bond acceptors (Lipinski definition) is 6. The fourth-order valence-corrected chi connectivity index (χ4v) is 3.96. The zero-order valence-corrected chi connectivity index (χ0v) is 22.2. The Labute approximate surface area is 219 Å². The standard InChI is InChI=1S/C27H42N6O4/c1-3-5-7-9-10-11-12-14-25(34)29-23(26(35)28-19-13-8-6-4-2)20-24-30-32-33(31-24)22-17-15-21(16-18-22)27(36)37/h15-18,23H,3-14,19-20H2,1-2H3,(H,28,35)(H,29,34)(H,36,37)/t23-/m0/s1. The smallest absolute Gasteiger partial charge is 0.335 e. The lowest BCUT2D eigenvalue weighted by atomic mass is 10.1. The Morgan fingerprint density at radius 3 is 2.16 bits per heavy atom. The molecule has 10 heteroatoms. The number of aromatic carboxylic acids is 1. The molecule has 2 amide bonds. The Hall–Kier alpha value is -3.30. The minimum absolute atomic E-state index is 0.108. The molecule has 0 aliphatic carbocycles. The number of carbonyl (C=O) groups is 3. The number of carboxylic acid groups (broad SMARTS) is 1. The Balaban J connectivity index is 1.95. The lowest BCUT2D eigenvalue weighted by Gasteiger charge is -2.17. The Morgan fingerprint density at radius 1 is 0.892 bits per heavy atom. The van der Waals surface area contributed by atoms with Crippen LogP contribution < -0.4 is 10.6 Å². The predicted octanol–water partition coefficient (Wildman–Crippen LogP) is 4.23. The highest BCUT2D eigenvalue weighted by molar-refractivity contribution is 5.88. The van der Waals surface area contributed by atoms with Crippen molar-refractivity contribution < 1.29 is 19.5 Å². The molecule has 0 bridgehead atoms. The number of tetrazole rings is 1. The van der Waals surface area contributed by atoms with E-state index in [0.717, 1.165) is 44.9 Å². The molecule has 204 valence electrons. The molecule has 0 saturated carbocycles. The van der Waals surface area contributed by atoms with Gasteiger partial charge in [0.05, 0.1) is 11.3 Å². The van der Waals surface area contributed by atoms with Gasteiger partial charge in [-0.05, 0) is 42.3 Å². The normalized spacial score (nSPS) is 11.7. The van der Waals surface area contributed by atoms with Crippen LogP contribution in [0.4, 0.5) is 0 Å². The summed E-state index contributed by atoms with van der Waals surface area (Å²) in [5.41, 5.74) is 0.701. The third kappa shape index (κ3) is 11.5. The van der Waals surface area contributed by atoms with Crippen LogP contribution in [-0.4, -0.2) is 55.7 Å². The van der Waals surface area contributed by atoms with Gasteiger partial charge in [0.15, 0.2) is 5.82 Å². The molecule has 1 heterocycles. The lowest BCUT2D eigenvalue weighted by molar-refractivity contribution is -0.129. The van der Waals surface area contributed by atoms with Crippen LogP contribution >= 0.6 is 0 Å². The molecular formula is C27H42N6O4. The topological polar surface area (TPSA) is 139 Å². The lowest BCUT2D eigenvalue weighted by Crippen LogP contribution is -2.48. The van der Waals surface area contributed by atoms with E-state index in [2.05, 4.69) is 39.9 Å². The van der Waals surface area contributed by atoms with Crippen LogP contribution in [0.5, 0.6) is 0 Å². The van der Waals surface area contributed by atoms with Crippen LogP contribution in [0.1, 0.15) is 107 Å². The van der Waals surface area contributed by atoms with E-state index in [1.807, 2.05) is 0 Å². The van der Waals surface area contributed by atoms with Crippen LogP contribution in [0.3, 0.4) is 0 Å². The molecule has 10 nitrogen and oxygen atoms in total. The summed E-state index contributed by atoms with van der Waals surface area (Å²) in [5, 5.41) is 27.3. The Morgan fingerprint density at radius 2 is 1.51 bits per heavy atom. The van der Waals surface area contributed by atoms with Crippen molar-refractivity contribution in [3.8, 4) is 5.69 Å². The minimum atomic E-state index is -1.02. The van der Waals surface area contributed by atoms with E-state index in [1.165, 1.54) is 42.6 Å². The van der Waals surface area contributed by atoms with Crippen molar-refractivity contribution in [3.63, 3.8) is 0 Å². The number of aromatic nitrogens is 4. The van der Waals surface area contributed by atoms with Crippen molar-refractivity contribution in [1.29, 1.82) is 0 Å². The molecule has 37 heavy (non-hydrogen) atoms. The fraction of sp³-hybridized carbons (Fsp3) is 0.630. The van der Waals surface area contributed by atoms with Crippen molar-refractivity contribution >= 4 is 17.8 Å². The number of nitrogens with zero attached hydrogens (tertiary/aromatic N) is 4. The SMILES string of the molecule is CCCCCCCCCC(=O)N[C@@H](Cc1nnn(-c2ccc(C(=O)O)cc2)n1)C(=O)NCCCCCC. The highest BCUT2D eigenvalue weighted by atomic mass is 16.4. The van der Waals surface area contributed by atoms with E-state index >= 15 is 0 Å². The maximum Gasteiger partial charge on any atom is 0.335 e. The predicted molar refractivity (Wildman–Crippen MR) is 142 cm³/mol. The summed E-state index contributed by atoms with van der Waals surface area (Å²) in [5.74, 6) is -1.12. The highest BCUT2D eigenvalue weighted by Gasteiger charge is 2.23. The fourth-order valence-electron chi connectivity index (χ4n) is 3.96. The maximum atomic E-state index is 12.9. The first-order valence-corrected chi connectivity index (χ1v) is 13.6. The number of carboxylic acids is 1. The summed E-state index contributed by atoms with van der Waals surface area (Å²) in [4.78, 5) is 37.9. The second kappa shape index (κ2) is 17.2. The van der Waals surface area contributed by atoms with Crippen molar-refractivity contribution in [2.45, 2.75) is 103 Å². The van der Waals surface area contributed by atoms with Crippen molar-refractivity contribution in [1.82, 2.24) is 30.8 Å². The van der Waals surface area contributed by atoms with E-state index in [0.29, 0.717) is 24.5 Å². The van der Waals surface area contributed by atoms with Crippen LogP contribution in [0, 0.1) is 0 Å². The molecule has 0 aliphatic rings. The number of nitrogens with one attached hydrogen (secondary N) is 2. The maximum absolute atomic E-state index is 12.9. The number of carbonyl (C=O) groups excluding carboxylic acids is 2. The average molecular weight is 515 g/mol. The third-order valence-corrected chi connectivity index (χ3v) is 6.18. The first-order valence-electron chi connectivity index (χ1n) is 13.6. The summed E-state index contributed by atoms with van der Waals surface area (Å²) in [6.45, 7) is 4.88. The first kappa shape index (κ1) is 29.9. The number of amides is 2. The van der Waals surface area contributed by atoms with Crippen LogP contribution in [-0.2, 0) is 16.0 Å². The van der Waals surface area contributed by atoms with Gasteiger partial charge in [0, 0.05) is 19.4 Å². The second-order valence-corrected chi connectivity index (χ2v) is 9.39. The van der Waals surface area contributed by atoms with Gasteiger partial charge in [0.2, 0.25) is 11.8 Å². The van der Waals surface area contributed by atoms with Crippen molar-refractivity contribution in [2.24, 2.45) is 0 Å². The molecule has 1 aromatic carbocycles. The number of hydrogen-bond donors (Lipinski definition) is 3. The summed E-state index contributed by atoms with van der Waals surface area (Å²) in [6, 6.07) is 5.29. The molecule has 0 saturated heterocycles. The molecule has 0 unspecified atom stereocenters. The van der Waals surface area contributed by atoms with Gasteiger partial charge in [0.25, 0.3) is 0 Å². The molecule has 2 aromatic rings. The monoisotopic (exact) mass is 514 g/mol. The molecule has 0 radical (unpaired) electrons. The molecule has 3 N–H and O–H groups in total. The molecule has 0 fully saturated rings. The molecule has 0 spiro atoms. The number of unbranched alkanes of at least 4 members (excludes halogenated alkanes) is 9. The summed E-state index contributed by atoms with van der Waals surface area (Å²) < 4.78 is 0. The molecule has 1 aromatic heterocycles. The molecular weight excluding hydrogens is 472 g/mol. The van der Waals surface area contributed by atoms with Crippen molar-refractivity contribution in [3.05, 3.63) is 35.7 Å². The van der Waals surface area contributed by atoms with Crippen LogP contribution in [0.15, 0.2) is 24.3 Å². The van der Waals surface area contributed by atoms with E-state index < -0.39 is 12.0 Å². The number of benzene rings is 1. The van der Waals surface area contributed by atoms with Gasteiger partial charge in [-0.1, -0.05) is 71.6 Å². The third-order valence-electron chi connectivity index (χ3n) is 6.18. The first-order chi connectivity index (χ1) is 17.9. The van der Waals surface area contributed by atoms with Gasteiger partial charge in [-0.2, -0.15) is 0 Å². The van der Waals surface area contributed by atoms with Crippen molar-refractivity contribution in [2.75, 3.05) is 6.54 Å². The van der Waals surface area contributed by atoms with Crippen LogP contribution in [0.2, 0.25) is 0 Å². The van der Waals surface area contributed by atoms with E-state index in [4.69, 9.17) is 5.11 Å². The van der Waals surface area contributed by atoms with Gasteiger partial charge in [0.1, 0.15) is 6.04 Å². The summed E-state index contributed by atoms with van der Waals surface area (Å²) >= 11 is 0. The molecule has 0 aliphatic heterocycles. The van der Waals surface area contributed by atoms with Crippen LogP contribution in [0.25, 0.3) is 5.69 Å². The minimum Gasteiger partial charge on any atom is -0.478 e. The average Bonchev–Trinajstić information content (AvgIpc) is 3.36. The van der Waals surface area contributed by atoms with E-state index in [-0.39, 0.29) is 23.8 Å². The van der Waals surface area contributed by atoms with Gasteiger partial charge in [-0.15, -0.1) is 15.0 Å². The highest BCUT2D eigenvalue weighted by Crippen LogP contribution is 2.10. The van der Waals surface area contributed by atoms with Gasteiger partial charge in [-0.25, -0.2) is 4.79 Å². The Kier molecular flexibility index (Phi) is 13.9. The van der Waals surface area contributed by atoms with Gasteiger partial charge in [-0.3, -0.25) is 9.59 Å². The zero-order chi connectivity index (χ0) is 26.9.